The summed E-state index contributed by atoms with van der Waals surface area (Å²) in [6.45, 7) is -0.190. The van der Waals surface area contributed by atoms with Gasteiger partial charge in [-0.1, -0.05) is 112 Å². The van der Waals surface area contributed by atoms with Gasteiger partial charge in [0.1, 0.15) is 23.2 Å². The minimum Gasteiger partial charge on any atom is -0.459 e. The van der Waals surface area contributed by atoms with Gasteiger partial charge in [-0.25, -0.2) is 9.98 Å². The van der Waals surface area contributed by atoms with Gasteiger partial charge < -0.3 is 9.47 Å². The number of carbonyl (C=O) groups is 6. The lowest BCUT2D eigenvalue weighted by Crippen LogP contribution is -2.45. The highest BCUT2D eigenvalue weighted by molar-refractivity contribution is 7.41. The molecule has 0 radical (unpaired) electrons. The van der Waals surface area contributed by atoms with Crippen LogP contribution in [-0.4, -0.2) is 46.5 Å². The molecule has 6 saturated carbocycles. The molecule has 8 unspecified atom stereocenters. The largest absolute Gasteiger partial charge is 0.459 e. The third kappa shape index (κ3) is 6.93. The molecular weight excluding hydrogens is 945 g/mol. The van der Waals surface area contributed by atoms with Gasteiger partial charge in [-0.05, 0) is 72.6 Å². The maximum absolute atomic E-state index is 15.3. The number of nitrogens with zero attached hydrogens (tertiary/aromatic N) is 2. The predicted molar refractivity (Wildman–Crippen MR) is 269 cm³/mol. The van der Waals surface area contributed by atoms with Crippen molar-refractivity contribution in [1.29, 1.82) is 0 Å². The number of benzene rings is 2. The molecule has 6 aromatic rings. The summed E-state index contributed by atoms with van der Waals surface area (Å²) in [5, 5.41) is 0.923. The minimum atomic E-state index is -2.08. The lowest BCUT2D eigenvalue weighted by molar-refractivity contribution is -0.164. The van der Waals surface area contributed by atoms with Crippen LogP contribution in [0.25, 0.3) is 28.6 Å². The fourth-order valence-electron chi connectivity index (χ4n) is 13.4. The Morgan fingerprint density at radius 3 is 1.43 bits per heavy atom. The molecule has 0 spiro atoms. The second-order valence-corrected chi connectivity index (χ2v) is 24.5. The first-order chi connectivity index (χ1) is 33.6. The molecule has 0 aliphatic heterocycles. The van der Waals surface area contributed by atoms with Crippen LogP contribution < -0.4 is 0 Å². The van der Waals surface area contributed by atoms with Crippen LogP contribution in [0.3, 0.4) is 0 Å². The van der Waals surface area contributed by atoms with Crippen LogP contribution in [0.2, 0.25) is 0 Å². The van der Waals surface area contributed by atoms with Gasteiger partial charge in [-0.2, -0.15) is 0 Å². The van der Waals surface area contributed by atoms with Gasteiger partial charge in [0, 0.05) is 39.5 Å². The zero-order valence-corrected chi connectivity index (χ0v) is 41.0. The van der Waals surface area contributed by atoms with E-state index in [1.165, 1.54) is 58.2 Å². The van der Waals surface area contributed by atoms with E-state index in [1.807, 2.05) is 66.7 Å². The first kappa shape index (κ1) is 43.7. The van der Waals surface area contributed by atoms with Crippen LogP contribution in [0.4, 0.5) is 10.0 Å². The normalized spacial score (nSPS) is 27.7. The van der Waals surface area contributed by atoms with Crippen LogP contribution in [0.15, 0.2) is 82.8 Å². The molecule has 6 fully saturated rings. The highest BCUT2D eigenvalue weighted by Gasteiger charge is 2.62. The average molecular weight is 993 g/mol. The number of hydrogen-bond donors (Lipinski definition) is 0. The molecule has 13 rings (SSSR count). The molecule has 8 atom stereocenters. The van der Waals surface area contributed by atoms with Crippen molar-refractivity contribution in [2.24, 2.45) is 57.3 Å². The summed E-state index contributed by atoms with van der Waals surface area (Å²) in [4.78, 5) is 97.6. The number of fused-ring (bicyclic) bond motifs is 11. The number of hydrogen-bond acceptors (Lipinski definition) is 14. The summed E-state index contributed by atoms with van der Waals surface area (Å²) in [7, 11) is 0. The maximum atomic E-state index is 15.3. The van der Waals surface area contributed by atoms with E-state index in [4.69, 9.17) is 19.5 Å². The Morgan fingerprint density at radius 1 is 0.522 bits per heavy atom. The number of esters is 2. The van der Waals surface area contributed by atoms with E-state index in [1.54, 1.807) is 6.07 Å². The molecule has 0 bridgehead atoms. The van der Waals surface area contributed by atoms with Gasteiger partial charge in [-0.15, -0.1) is 45.3 Å². The third-order valence-electron chi connectivity index (χ3n) is 16.8. The molecule has 0 saturated heterocycles. The van der Waals surface area contributed by atoms with Crippen molar-refractivity contribution in [3.05, 3.63) is 95.1 Å². The first-order valence-electron chi connectivity index (χ1n) is 24.6. The van der Waals surface area contributed by atoms with Crippen molar-refractivity contribution < 1.29 is 38.2 Å². The van der Waals surface area contributed by atoms with Gasteiger partial charge >= 0.3 is 11.9 Å². The van der Waals surface area contributed by atoms with Crippen LogP contribution in [-0.2, 0) is 56.9 Å². The Labute approximate surface area is 414 Å². The van der Waals surface area contributed by atoms with E-state index in [0.717, 1.165) is 94.1 Å². The molecule has 4 aromatic heterocycles. The number of rotatable bonds is 8. The molecule has 7 aliphatic rings. The number of carbonyl (C=O) groups excluding carboxylic acids is 6. The maximum Gasteiger partial charge on any atom is 0.333 e. The van der Waals surface area contributed by atoms with Gasteiger partial charge in [0.15, 0.2) is 34.6 Å². The molecule has 14 heteroatoms. The van der Waals surface area contributed by atoms with Gasteiger partial charge in [0.25, 0.3) is 0 Å². The topological polar surface area (TPSA) is 146 Å². The lowest BCUT2D eigenvalue weighted by Gasteiger charge is -2.39. The second-order valence-electron chi connectivity index (χ2n) is 20.4. The van der Waals surface area contributed by atoms with E-state index >= 15 is 9.59 Å². The Hall–Kier alpha value is -5.28. The third-order valence-corrected chi connectivity index (χ3v) is 21.8. The summed E-state index contributed by atoms with van der Waals surface area (Å²) in [6.07, 6.45) is 12.1. The molecule has 69 heavy (non-hydrogen) atoms. The Balaban J connectivity index is 0.922. The SMILES string of the molecule is O=C1C(=Nc2cc3c(s2)-c2sc4c(sc5cc(N=C6C(=O)C7CC8CCCCC8CC7C6=O)sc54)c2C3(C(=O)OCc2ccccc2)C(=O)OCc2ccccc2)C(=O)C2CC3CCCCC3CC12. The highest BCUT2D eigenvalue weighted by Crippen LogP contribution is 2.64. The van der Waals surface area contributed by atoms with E-state index in [0.29, 0.717) is 54.6 Å². The standard InChI is InChI=1S/C55H48N2O8S4/c58-44-33-19-29-15-7-8-16-30(29)20-34(33)45(59)42(44)56-39-23-37-48(67-39)50-41(55(37,53(62)64-25-27-11-3-1-4-12-27)54(63)65-26-28-13-5-2-6-14-28)51-52(69-50)49-38(66-51)24-40(68-49)57-43-46(60)35-21-31-17-9-10-18-32(31)22-36(35)47(43)61/h1-6,11-14,23-24,29-36H,7-10,15-22,25-26H2. The number of thiophene rings is 4. The summed E-state index contributed by atoms with van der Waals surface area (Å²) in [5.41, 5.74) is 0.272. The second kappa shape index (κ2) is 17.0. The molecule has 0 N–H and O–H groups in total. The van der Waals surface area contributed by atoms with Crippen molar-refractivity contribution in [3.63, 3.8) is 0 Å². The zero-order valence-electron chi connectivity index (χ0n) is 37.7. The van der Waals surface area contributed by atoms with Crippen LogP contribution in [0, 0.1) is 47.3 Å². The van der Waals surface area contributed by atoms with E-state index in [9.17, 15) is 19.2 Å². The first-order valence-corrected chi connectivity index (χ1v) is 27.8. The fourth-order valence-corrected chi connectivity index (χ4v) is 18.9. The number of Topliss-reactive ketones (excluding diaryl/α,β-unsaturated/α-hetero) is 4. The highest BCUT2D eigenvalue weighted by atomic mass is 32.1. The molecule has 7 aliphatic carbocycles. The van der Waals surface area contributed by atoms with Gasteiger partial charge in [0.05, 0.1) is 23.9 Å². The van der Waals surface area contributed by atoms with E-state index < -0.39 is 17.4 Å². The minimum absolute atomic E-state index is 0.0360. The molecule has 350 valence electrons. The summed E-state index contributed by atoms with van der Waals surface area (Å²) < 4.78 is 15.7. The molecule has 10 nitrogen and oxygen atoms in total. The van der Waals surface area contributed by atoms with Crippen molar-refractivity contribution in [2.75, 3.05) is 0 Å². The lowest BCUT2D eigenvalue weighted by atomic mass is 9.64. The molecule has 0 amide bonds. The Bertz CT molecular complexity index is 3100. The Morgan fingerprint density at radius 2 is 0.971 bits per heavy atom. The Kier molecular flexibility index (Phi) is 10.7. The number of ether oxygens (including phenoxy) is 2. The van der Waals surface area contributed by atoms with Crippen LogP contribution >= 0.6 is 45.3 Å². The number of ketones is 4. The quantitative estimate of drug-likeness (QED) is 0.108. The van der Waals surface area contributed by atoms with Crippen molar-refractivity contribution in [1.82, 2.24) is 0 Å². The summed E-state index contributed by atoms with van der Waals surface area (Å²) in [6, 6.07) is 22.2. The fraction of sp³-hybridized carbons (Fsp3) is 0.418. The van der Waals surface area contributed by atoms with Crippen LogP contribution in [0.5, 0.6) is 0 Å². The summed E-state index contributed by atoms with van der Waals surface area (Å²) in [5.74, 6) is -1.62. The molecule has 2 aromatic carbocycles. The van der Waals surface area contributed by atoms with Crippen molar-refractivity contribution in [3.8, 4) is 9.75 Å². The van der Waals surface area contributed by atoms with E-state index in [2.05, 4.69) is 0 Å². The average Bonchev–Trinajstić information content (AvgIpc) is 4.24. The van der Waals surface area contributed by atoms with E-state index in [-0.39, 0.29) is 71.4 Å². The van der Waals surface area contributed by atoms with Gasteiger partial charge in [-0.3, -0.25) is 28.8 Å². The number of aliphatic imine (C=N–C) groups is 2. The predicted octanol–water partition coefficient (Wildman–Crippen LogP) is 12.1. The van der Waals surface area contributed by atoms with Gasteiger partial charge in [0.2, 0.25) is 5.41 Å². The monoisotopic (exact) mass is 992 g/mol. The van der Waals surface area contributed by atoms with Crippen LogP contribution in [0.1, 0.15) is 99.3 Å². The molecular formula is C55H48N2O8S4. The molecule has 4 heterocycles. The smallest absolute Gasteiger partial charge is 0.333 e. The summed E-state index contributed by atoms with van der Waals surface area (Å²) >= 11 is 5.54. The van der Waals surface area contributed by atoms with Crippen molar-refractivity contribution in [2.45, 2.75) is 95.7 Å². The zero-order chi connectivity index (χ0) is 46.7. The van der Waals surface area contributed by atoms with Crippen molar-refractivity contribution >= 4 is 121 Å².